The van der Waals surface area contributed by atoms with Crippen molar-refractivity contribution in [2.45, 2.75) is 19.8 Å². The van der Waals surface area contributed by atoms with Crippen molar-refractivity contribution in [1.82, 2.24) is 4.98 Å². The second kappa shape index (κ2) is 8.63. The number of nitrogens with zero attached hydrogens (tertiary/aromatic N) is 1. The zero-order valence-corrected chi connectivity index (χ0v) is 17.2. The SMILES string of the molecule is CC(C)c1cc(Br)ccc1OCC(=O)Nc1nc(-c2ccc(F)cc2)cs1. The molecule has 0 spiro atoms. The average molecular weight is 449 g/mol. The molecule has 3 rings (SSSR count). The van der Waals surface area contributed by atoms with Gasteiger partial charge in [-0.1, -0.05) is 29.8 Å². The quantitative estimate of drug-likeness (QED) is 0.514. The highest BCUT2D eigenvalue weighted by Crippen LogP contribution is 2.30. The molecule has 27 heavy (non-hydrogen) atoms. The van der Waals surface area contributed by atoms with Gasteiger partial charge >= 0.3 is 0 Å². The maximum atomic E-state index is 13.0. The molecule has 0 aliphatic heterocycles. The van der Waals surface area contributed by atoms with Gasteiger partial charge in [-0.3, -0.25) is 10.1 Å². The number of aromatic nitrogens is 1. The van der Waals surface area contributed by atoms with Gasteiger partial charge in [-0.2, -0.15) is 0 Å². The highest BCUT2D eigenvalue weighted by Gasteiger charge is 2.12. The normalized spacial score (nSPS) is 10.9. The lowest BCUT2D eigenvalue weighted by Crippen LogP contribution is -2.20. The first-order valence-electron chi connectivity index (χ1n) is 8.36. The molecule has 4 nitrogen and oxygen atoms in total. The second-order valence-corrected chi connectivity index (χ2v) is 7.99. The van der Waals surface area contributed by atoms with Crippen molar-refractivity contribution in [2.75, 3.05) is 11.9 Å². The van der Waals surface area contributed by atoms with Crippen molar-refractivity contribution >= 4 is 38.3 Å². The largest absolute Gasteiger partial charge is 0.483 e. The zero-order chi connectivity index (χ0) is 19.4. The van der Waals surface area contributed by atoms with Crippen LogP contribution in [0.1, 0.15) is 25.3 Å². The van der Waals surface area contributed by atoms with Crippen LogP contribution in [-0.4, -0.2) is 17.5 Å². The number of thiazole rings is 1. The number of nitrogens with one attached hydrogen (secondary N) is 1. The first kappa shape index (κ1) is 19.5. The minimum atomic E-state index is -0.298. The van der Waals surface area contributed by atoms with E-state index in [1.54, 1.807) is 12.1 Å². The minimum absolute atomic E-state index is 0.104. The van der Waals surface area contributed by atoms with Crippen LogP contribution < -0.4 is 10.1 Å². The Labute approximate surface area is 169 Å². The smallest absolute Gasteiger partial charge is 0.264 e. The van der Waals surface area contributed by atoms with Gasteiger partial charge in [0.05, 0.1) is 5.69 Å². The number of carbonyl (C=O) groups is 1. The van der Waals surface area contributed by atoms with E-state index in [4.69, 9.17) is 4.74 Å². The van der Waals surface area contributed by atoms with Gasteiger partial charge in [0.15, 0.2) is 11.7 Å². The molecule has 0 atom stereocenters. The summed E-state index contributed by atoms with van der Waals surface area (Å²) in [5.74, 6) is 0.383. The lowest BCUT2D eigenvalue weighted by atomic mass is 10.0. The van der Waals surface area contributed by atoms with Crippen LogP contribution in [0, 0.1) is 5.82 Å². The van der Waals surface area contributed by atoms with E-state index in [1.807, 2.05) is 23.6 Å². The summed E-state index contributed by atoms with van der Waals surface area (Å²) >= 11 is 4.76. The molecule has 0 fully saturated rings. The van der Waals surface area contributed by atoms with E-state index in [0.29, 0.717) is 16.6 Å². The van der Waals surface area contributed by atoms with Crippen molar-refractivity contribution in [3.05, 3.63) is 63.7 Å². The van der Waals surface area contributed by atoms with E-state index in [9.17, 15) is 9.18 Å². The maximum absolute atomic E-state index is 13.0. The third-order valence-corrected chi connectivity index (χ3v) is 5.09. The molecule has 140 valence electrons. The van der Waals surface area contributed by atoms with Crippen molar-refractivity contribution in [2.24, 2.45) is 0 Å². The molecule has 0 saturated carbocycles. The first-order chi connectivity index (χ1) is 12.9. The summed E-state index contributed by atoms with van der Waals surface area (Å²) in [6.45, 7) is 4.04. The van der Waals surface area contributed by atoms with Crippen molar-refractivity contribution in [3.8, 4) is 17.0 Å². The fraction of sp³-hybridized carbons (Fsp3) is 0.200. The molecule has 1 N–H and O–H groups in total. The van der Waals surface area contributed by atoms with E-state index < -0.39 is 0 Å². The number of hydrogen-bond acceptors (Lipinski definition) is 4. The van der Waals surface area contributed by atoms with Crippen molar-refractivity contribution in [1.29, 1.82) is 0 Å². The van der Waals surface area contributed by atoms with Crippen LogP contribution in [0.15, 0.2) is 52.3 Å². The number of hydrogen-bond donors (Lipinski definition) is 1. The number of ether oxygens (including phenoxy) is 1. The van der Waals surface area contributed by atoms with E-state index in [1.165, 1.54) is 23.5 Å². The summed E-state index contributed by atoms with van der Waals surface area (Å²) in [4.78, 5) is 16.6. The van der Waals surface area contributed by atoms with Gasteiger partial charge < -0.3 is 4.74 Å². The Balaban J connectivity index is 1.61. The predicted molar refractivity (Wildman–Crippen MR) is 110 cm³/mol. The Kier molecular flexibility index (Phi) is 6.23. The van der Waals surface area contributed by atoms with Gasteiger partial charge in [0.1, 0.15) is 11.6 Å². The van der Waals surface area contributed by atoms with Crippen LogP contribution in [-0.2, 0) is 4.79 Å². The average Bonchev–Trinajstić information content (AvgIpc) is 3.09. The molecule has 7 heteroatoms. The van der Waals surface area contributed by atoms with E-state index >= 15 is 0 Å². The summed E-state index contributed by atoms with van der Waals surface area (Å²) in [7, 11) is 0. The Morgan fingerprint density at radius 1 is 1.26 bits per heavy atom. The zero-order valence-electron chi connectivity index (χ0n) is 14.8. The molecular formula is C20H18BrFN2O2S. The Hall–Kier alpha value is -2.25. The predicted octanol–water partition coefficient (Wildman–Crippen LogP) is 5.85. The molecule has 0 aliphatic rings. The molecule has 1 amide bonds. The van der Waals surface area contributed by atoms with Gasteiger partial charge in [0.2, 0.25) is 0 Å². The topological polar surface area (TPSA) is 51.2 Å². The van der Waals surface area contributed by atoms with Gasteiger partial charge in [-0.15, -0.1) is 11.3 Å². The second-order valence-electron chi connectivity index (χ2n) is 6.22. The number of halogens is 2. The standard InChI is InChI=1S/C20H18BrFN2O2S/c1-12(2)16-9-14(21)5-8-18(16)26-10-19(25)24-20-23-17(11-27-20)13-3-6-15(22)7-4-13/h3-9,11-12H,10H2,1-2H3,(H,23,24,25). The summed E-state index contributed by atoms with van der Waals surface area (Å²) in [5, 5.41) is 5.02. The van der Waals surface area contributed by atoms with Crippen LogP contribution in [0.5, 0.6) is 5.75 Å². The molecule has 1 aromatic heterocycles. The third kappa shape index (κ3) is 5.14. The molecule has 0 bridgehead atoms. The Morgan fingerprint density at radius 3 is 2.70 bits per heavy atom. The molecule has 0 aliphatic carbocycles. The third-order valence-electron chi connectivity index (χ3n) is 3.84. The van der Waals surface area contributed by atoms with Crippen LogP contribution >= 0.6 is 27.3 Å². The summed E-state index contributed by atoms with van der Waals surface area (Å²) < 4.78 is 19.7. The number of amides is 1. The Morgan fingerprint density at radius 2 is 2.00 bits per heavy atom. The molecule has 0 radical (unpaired) electrons. The maximum Gasteiger partial charge on any atom is 0.264 e. The molecule has 0 unspecified atom stereocenters. The van der Waals surface area contributed by atoms with Crippen LogP contribution in [0.2, 0.25) is 0 Å². The first-order valence-corrected chi connectivity index (χ1v) is 10.0. The molecule has 3 aromatic rings. The van der Waals surface area contributed by atoms with Crippen molar-refractivity contribution in [3.63, 3.8) is 0 Å². The summed E-state index contributed by atoms with van der Waals surface area (Å²) in [6, 6.07) is 11.8. The molecule has 1 heterocycles. The van der Waals surface area contributed by atoms with E-state index in [-0.39, 0.29) is 24.2 Å². The van der Waals surface area contributed by atoms with Gasteiger partial charge in [0.25, 0.3) is 5.91 Å². The highest BCUT2D eigenvalue weighted by molar-refractivity contribution is 9.10. The lowest BCUT2D eigenvalue weighted by Gasteiger charge is -2.14. The van der Waals surface area contributed by atoms with Gasteiger partial charge in [0, 0.05) is 15.4 Å². The molecule has 0 saturated heterocycles. The fourth-order valence-electron chi connectivity index (χ4n) is 2.48. The van der Waals surface area contributed by atoms with E-state index in [0.717, 1.165) is 15.6 Å². The fourth-order valence-corrected chi connectivity index (χ4v) is 3.60. The summed E-state index contributed by atoms with van der Waals surface area (Å²) in [6.07, 6.45) is 0. The van der Waals surface area contributed by atoms with Crippen LogP contribution in [0.3, 0.4) is 0 Å². The highest BCUT2D eigenvalue weighted by atomic mass is 79.9. The van der Waals surface area contributed by atoms with Gasteiger partial charge in [-0.05, 0) is 53.9 Å². The Bertz CT molecular complexity index is 941. The minimum Gasteiger partial charge on any atom is -0.483 e. The van der Waals surface area contributed by atoms with E-state index in [2.05, 4.69) is 40.1 Å². The van der Waals surface area contributed by atoms with Crippen LogP contribution in [0.4, 0.5) is 9.52 Å². The number of carbonyl (C=O) groups excluding carboxylic acids is 1. The summed E-state index contributed by atoms with van der Waals surface area (Å²) in [5.41, 5.74) is 2.51. The van der Waals surface area contributed by atoms with Gasteiger partial charge in [-0.25, -0.2) is 9.37 Å². The molecular weight excluding hydrogens is 431 g/mol. The monoisotopic (exact) mass is 448 g/mol. The number of rotatable bonds is 6. The lowest BCUT2D eigenvalue weighted by molar-refractivity contribution is -0.118. The number of benzene rings is 2. The van der Waals surface area contributed by atoms with Crippen LogP contribution in [0.25, 0.3) is 11.3 Å². The van der Waals surface area contributed by atoms with Crippen molar-refractivity contribution < 1.29 is 13.9 Å². The molecule has 2 aromatic carbocycles. The number of anilines is 1.